The van der Waals surface area contributed by atoms with Crippen LogP contribution in [0.2, 0.25) is 10.0 Å². The lowest BCUT2D eigenvalue weighted by Gasteiger charge is -2.13. The first-order valence-electron chi connectivity index (χ1n) is 5.81. The summed E-state index contributed by atoms with van der Waals surface area (Å²) in [6, 6.07) is 10.4. The Morgan fingerprint density at radius 1 is 1.11 bits per heavy atom. The number of rotatable bonds is 3. The van der Waals surface area contributed by atoms with Crippen LogP contribution >= 0.6 is 39.1 Å². The van der Waals surface area contributed by atoms with Gasteiger partial charge in [-0.3, -0.25) is 0 Å². The number of halogens is 4. The number of hydrogen-bond donors (Lipinski definition) is 0. The van der Waals surface area contributed by atoms with Crippen molar-refractivity contribution < 1.29 is 4.39 Å². The van der Waals surface area contributed by atoms with Crippen LogP contribution in [0.1, 0.15) is 21.5 Å². The van der Waals surface area contributed by atoms with Crippen molar-refractivity contribution in [2.45, 2.75) is 18.2 Å². The van der Waals surface area contributed by atoms with E-state index in [1.807, 2.05) is 25.1 Å². The Hall–Kier alpha value is -0.570. The Balaban J connectivity index is 2.20. The molecule has 0 saturated heterocycles. The highest BCUT2D eigenvalue weighted by molar-refractivity contribution is 9.09. The van der Waals surface area contributed by atoms with Crippen LogP contribution in [-0.2, 0) is 6.42 Å². The molecule has 100 valence electrons. The van der Waals surface area contributed by atoms with E-state index in [1.165, 1.54) is 6.07 Å². The van der Waals surface area contributed by atoms with Gasteiger partial charge in [0.1, 0.15) is 5.82 Å². The summed E-state index contributed by atoms with van der Waals surface area (Å²) in [4.78, 5) is 0.116. The Bertz CT molecular complexity index is 599. The lowest BCUT2D eigenvalue weighted by Crippen LogP contribution is -1.98. The first kappa shape index (κ1) is 14.8. The maximum absolute atomic E-state index is 13.1. The molecule has 0 nitrogen and oxygen atoms in total. The molecule has 19 heavy (non-hydrogen) atoms. The van der Waals surface area contributed by atoms with Crippen LogP contribution in [0.15, 0.2) is 36.4 Å². The second kappa shape index (κ2) is 6.25. The third-order valence-corrected chi connectivity index (χ3v) is 4.52. The zero-order chi connectivity index (χ0) is 14.0. The minimum Gasteiger partial charge on any atom is -0.207 e. The van der Waals surface area contributed by atoms with E-state index in [2.05, 4.69) is 15.9 Å². The topological polar surface area (TPSA) is 0 Å². The first-order valence-corrected chi connectivity index (χ1v) is 7.48. The fourth-order valence-corrected chi connectivity index (χ4v) is 3.18. The van der Waals surface area contributed by atoms with E-state index in [1.54, 1.807) is 12.1 Å². The molecule has 0 bridgehead atoms. The van der Waals surface area contributed by atoms with Gasteiger partial charge >= 0.3 is 0 Å². The minimum atomic E-state index is -0.213. The van der Waals surface area contributed by atoms with Gasteiger partial charge < -0.3 is 0 Å². The number of aryl methyl sites for hydroxylation is 1. The Morgan fingerprint density at radius 2 is 1.84 bits per heavy atom. The molecule has 0 aliphatic carbocycles. The van der Waals surface area contributed by atoms with Gasteiger partial charge in [-0.1, -0.05) is 51.3 Å². The maximum atomic E-state index is 13.1. The second-order valence-electron chi connectivity index (χ2n) is 4.42. The molecule has 4 heteroatoms. The van der Waals surface area contributed by atoms with Crippen molar-refractivity contribution in [2.75, 3.05) is 0 Å². The van der Waals surface area contributed by atoms with Gasteiger partial charge in [-0.25, -0.2) is 4.39 Å². The Morgan fingerprint density at radius 3 is 2.47 bits per heavy atom. The van der Waals surface area contributed by atoms with Gasteiger partial charge in [0, 0.05) is 4.83 Å². The molecular weight excluding hydrogens is 350 g/mol. The lowest BCUT2D eigenvalue weighted by molar-refractivity contribution is 0.625. The van der Waals surface area contributed by atoms with Gasteiger partial charge in [0.25, 0.3) is 0 Å². The summed E-state index contributed by atoms with van der Waals surface area (Å²) in [7, 11) is 0. The zero-order valence-electron chi connectivity index (χ0n) is 10.3. The van der Waals surface area contributed by atoms with E-state index in [0.29, 0.717) is 10.0 Å². The van der Waals surface area contributed by atoms with E-state index in [4.69, 9.17) is 23.2 Å². The SMILES string of the molecule is Cc1cc(F)ccc1C(Br)Cc1ccc(Cl)c(Cl)c1. The summed E-state index contributed by atoms with van der Waals surface area (Å²) < 4.78 is 13.1. The van der Waals surface area contributed by atoms with Crippen LogP contribution in [0.3, 0.4) is 0 Å². The third kappa shape index (κ3) is 3.71. The van der Waals surface area contributed by atoms with Crippen molar-refractivity contribution in [1.82, 2.24) is 0 Å². The van der Waals surface area contributed by atoms with Crippen molar-refractivity contribution in [3.05, 3.63) is 69.0 Å². The highest BCUT2D eigenvalue weighted by Gasteiger charge is 2.12. The van der Waals surface area contributed by atoms with Crippen LogP contribution in [0, 0.1) is 12.7 Å². The molecule has 0 aliphatic heterocycles. The molecule has 2 rings (SSSR count). The van der Waals surface area contributed by atoms with E-state index in [-0.39, 0.29) is 10.6 Å². The number of benzene rings is 2. The Kier molecular flexibility index (Phi) is 4.88. The summed E-state index contributed by atoms with van der Waals surface area (Å²) in [5.74, 6) is -0.213. The fraction of sp³-hybridized carbons (Fsp3) is 0.200. The van der Waals surface area contributed by atoms with E-state index in [0.717, 1.165) is 23.1 Å². The van der Waals surface area contributed by atoms with Crippen molar-refractivity contribution in [3.8, 4) is 0 Å². The highest BCUT2D eigenvalue weighted by Crippen LogP contribution is 2.31. The van der Waals surface area contributed by atoms with Crippen LogP contribution in [-0.4, -0.2) is 0 Å². The van der Waals surface area contributed by atoms with Gasteiger partial charge in [0.2, 0.25) is 0 Å². The molecule has 0 aliphatic rings. The van der Waals surface area contributed by atoms with Crippen molar-refractivity contribution >= 4 is 39.1 Å². The molecule has 2 aromatic carbocycles. The van der Waals surface area contributed by atoms with Crippen molar-refractivity contribution in [3.63, 3.8) is 0 Å². The van der Waals surface area contributed by atoms with Gasteiger partial charge in [-0.05, 0) is 54.3 Å². The molecule has 0 N–H and O–H groups in total. The van der Waals surface area contributed by atoms with Gasteiger partial charge in [-0.15, -0.1) is 0 Å². The predicted octanol–water partition coefficient (Wildman–Crippen LogP) is 6.12. The maximum Gasteiger partial charge on any atom is 0.123 e. The Labute approximate surface area is 130 Å². The average Bonchev–Trinajstić information content (AvgIpc) is 2.33. The van der Waals surface area contributed by atoms with E-state index >= 15 is 0 Å². The summed E-state index contributed by atoms with van der Waals surface area (Å²) in [6.07, 6.45) is 0.767. The fourth-order valence-electron chi connectivity index (χ4n) is 1.97. The lowest BCUT2D eigenvalue weighted by atomic mass is 10.0. The van der Waals surface area contributed by atoms with Crippen LogP contribution in [0.4, 0.5) is 4.39 Å². The van der Waals surface area contributed by atoms with E-state index in [9.17, 15) is 4.39 Å². The molecule has 0 aromatic heterocycles. The summed E-state index contributed by atoms with van der Waals surface area (Å²) >= 11 is 15.5. The normalized spacial score (nSPS) is 12.5. The summed E-state index contributed by atoms with van der Waals surface area (Å²) in [5, 5.41) is 1.10. The highest BCUT2D eigenvalue weighted by atomic mass is 79.9. The number of alkyl halides is 1. The van der Waals surface area contributed by atoms with Crippen molar-refractivity contribution in [1.29, 1.82) is 0 Å². The standard InChI is InChI=1S/C15H12BrCl2F/c1-9-6-11(19)3-4-12(9)13(16)7-10-2-5-14(17)15(18)8-10/h2-6,8,13H,7H2,1H3. The molecule has 0 amide bonds. The molecule has 2 aromatic rings. The van der Waals surface area contributed by atoms with Gasteiger partial charge in [0.15, 0.2) is 0 Å². The smallest absolute Gasteiger partial charge is 0.123 e. The first-order chi connectivity index (χ1) is 8.97. The number of hydrogen-bond acceptors (Lipinski definition) is 0. The van der Waals surface area contributed by atoms with Gasteiger partial charge in [-0.2, -0.15) is 0 Å². The predicted molar refractivity (Wildman–Crippen MR) is 83.0 cm³/mol. The molecule has 0 saturated carbocycles. The molecule has 0 fully saturated rings. The van der Waals surface area contributed by atoms with Crippen LogP contribution in [0.25, 0.3) is 0 Å². The third-order valence-electron chi connectivity index (χ3n) is 2.97. The summed E-state index contributed by atoms with van der Waals surface area (Å²) in [6.45, 7) is 1.90. The largest absolute Gasteiger partial charge is 0.207 e. The second-order valence-corrected chi connectivity index (χ2v) is 6.34. The summed E-state index contributed by atoms with van der Waals surface area (Å²) in [5.41, 5.74) is 3.09. The van der Waals surface area contributed by atoms with Gasteiger partial charge in [0.05, 0.1) is 10.0 Å². The quantitative estimate of drug-likeness (QED) is 0.577. The monoisotopic (exact) mass is 360 g/mol. The van der Waals surface area contributed by atoms with Crippen molar-refractivity contribution in [2.24, 2.45) is 0 Å². The molecule has 1 atom stereocenters. The average molecular weight is 362 g/mol. The zero-order valence-corrected chi connectivity index (χ0v) is 13.4. The molecular formula is C15H12BrCl2F. The van der Waals surface area contributed by atoms with Crippen LogP contribution < -0.4 is 0 Å². The minimum absolute atomic E-state index is 0.116. The molecule has 0 spiro atoms. The molecule has 1 unspecified atom stereocenters. The van der Waals surface area contributed by atoms with Crippen LogP contribution in [0.5, 0.6) is 0 Å². The molecule has 0 radical (unpaired) electrons. The molecule has 0 heterocycles. The van der Waals surface area contributed by atoms with E-state index < -0.39 is 0 Å².